The average Bonchev–Trinajstić information content (AvgIpc) is 2.94. The fourth-order valence-corrected chi connectivity index (χ4v) is 3.22. The second kappa shape index (κ2) is 9.12. The number of amides is 1. The Morgan fingerprint density at radius 2 is 2.07 bits per heavy atom. The van der Waals surface area contributed by atoms with Crippen LogP contribution in [0.1, 0.15) is 29.5 Å². The molecular formula is C20H28N4O3. The van der Waals surface area contributed by atoms with E-state index in [1.807, 2.05) is 65.0 Å². The molecule has 7 nitrogen and oxygen atoms in total. The summed E-state index contributed by atoms with van der Waals surface area (Å²) in [4.78, 5) is 16.3. The number of ether oxygens (including phenoxy) is 1. The summed E-state index contributed by atoms with van der Waals surface area (Å²) in [6.45, 7) is 2.95. The number of benzene rings is 1. The summed E-state index contributed by atoms with van der Waals surface area (Å²) >= 11 is 0. The normalized spacial score (nSPS) is 15.5. The highest BCUT2D eigenvalue weighted by Crippen LogP contribution is 2.19. The summed E-state index contributed by atoms with van der Waals surface area (Å²) in [5.41, 5.74) is 2.67. The molecule has 1 aliphatic rings. The van der Waals surface area contributed by atoms with Crippen LogP contribution in [-0.4, -0.2) is 64.4 Å². The van der Waals surface area contributed by atoms with E-state index in [1.165, 1.54) is 0 Å². The van der Waals surface area contributed by atoms with Crippen molar-refractivity contribution >= 4 is 5.91 Å². The average molecular weight is 372 g/mol. The Bertz CT molecular complexity index is 745. The van der Waals surface area contributed by atoms with Crippen LogP contribution in [0.5, 0.6) is 0 Å². The van der Waals surface area contributed by atoms with Gasteiger partial charge in [0.15, 0.2) is 0 Å². The van der Waals surface area contributed by atoms with E-state index in [9.17, 15) is 9.90 Å². The van der Waals surface area contributed by atoms with Crippen molar-refractivity contribution in [3.8, 4) is 0 Å². The number of likely N-dealkylation sites (N-methyl/N-ethyl adjacent to an activating group) is 1. The molecule has 27 heavy (non-hydrogen) atoms. The fourth-order valence-electron chi connectivity index (χ4n) is 3.22. The van der Waals surface area contributed by atoms with Crippen LogP contribution in [0, 0.1) is 0 Å². The summed E-state index contributed by atoms with van der Waals surface area (Å²) in [7, 11) is 3.83. The van der Waals surface area contributed by atoms with Crippen molar-refractivity contribution in [1.82, 2.24) is 19.6 Å². The first-order valence-electron chi connectivity index (χ1n) is 9.32. The molecule has 0 fully saturated rings. The highest BCUT2D eigenvalue weighted by atomic mass is 16.5. The third-order valence-electron chi connectivity index (χ3n) is 4.60. The van der Waals surface area contributed by atoms with E-state index in [2.05, 4.69) is 5.10 Å². The first kappa shape index (κ1) is 19.5. The smallest absolute Gasteiger partial charge is 0.248 e. The van der Waals surface area contributed by atoms with Crippen molar-refractivity contribution in [2.45, 2.75) is 32.2 Å². The highest BCUT2D eigenvalue weighted by Gasteiger charge is 2.22. The fraction of sp³-hybridized carbons (Fsp3) is 0.500. The lowest BCUT2D eigenvalue weighted by Gasteiger charge is -2.20. The number of carbonyl (C=O) groups excluding carboxylic acids is 1. The standard InChI is InChI=1S/C20H28N4O3/c1-22(2)13-19(25)18-11-17-12-23(9-6-10-24(17)21-18)20(26)15-27-14-16-7-4-3-5-8-16/h3-5,7-8,11,19,25H,6,9-10,12-15H2,1-2H3/t19-/m1/s1. The SMILES string of the molecule is CN(C)C[C@@H](O)c1cc2n(n1)CCCN(C(=O)COCc1ccccc1)C2. The third-order valence-corrected chi connectivity index (χ3v) is 4.60. The predicted octanol–water partition coefficient (Wildman–Crippen LogP) is 1.43. The van der Waals surface area contributed by atoms with Crippen LogP contribution in [0.3, 0.4) is 0 Å². The Balaban J connectivity index is 1.57. The second-order valence-electron chi connectivity index (χ2n) is 7.21. The van der Waals surface area contributed by atoms with Crippen molar-refractivity contribution in [1.29, 1.82) is 0 Å². The Morgan fingerprint density at radius 3 is 2.81 bits per heavy atom. The minimum Gasteiger partial charge on any atom is -0.385 e. The van der Waals surface area contributed by atoms with E-state index in [-0.39, 0.29) is 12.5 Å². The van der Waals surface area contributed by atoms with E-state index in [0.29, 0.717) is 31.9 Å². The number of nitrogens with zero attached hydrogens (tertiary/aromatic N) is 4. The minimum atomic E-state index is -0.627. The summed E-state index contributed by atoms with van der Waals surface area (Å²) in [6, 6.07) is 11.7. The minimum absolute atomic E-state index is 0.0176. The van der Waals surface area contributed by atoms with Gasteiger partial charge in [-0.1, -0.05) is 30.3 Å². The molecule has 0 saturated carbocycles. The molecule has 0 unspecified atom stereocenters. The molecule has 1 amide bonds. The topological polar surface area (TPSA) is 70.8 Å². The quantitative estimate of drug-likeness (QED) is 0.796. The molecular weight excluding hydrogens is 344 g/mol. The van der Waals surface area contributed by atoms with Crippen molar-refractivity contribution in [2.24, 2.45) is 0 Å². The molecule has 1 aromatic carbocycles. The van der Waals surface area contributed by atoms with Gasteiger partial charge in [-0.05, 0) is 32.1 Å². The van der Waals surface area contributed by atoms with E-state index in [1.54, 1.807) is 0 Å². The van der Waals surface area contributed by atoms with Crippen LogP contribution < -0.4 is 0 Å². The zero-order valence-corrected chi connectivity index (χ0v) is 16.0. The molecule has 1 aromatic heterocycles. The number of fused-ring (bicyclic) bond motifs is 1. The van der Waals surface area contributed by atoms with Gasteiger partial charge in [0.2, 0.25) is 5.91 Å². The number of aliphatic hydroxyl groups excluding tert-OH is 1. The molecule has 2 aromatic rings. The van der Waals surface area contributed by atoms with Crippen LogP contribution in [0.25, 0.3) is 0 Å². The molecule has 0 aliphatic carbocycles. The Hall–Kier alpha value is -2.22. The maximum absolute atomic E-state index is 12.6. The van der Waals surface area contributed by atoms with Gasteiger partial charge in [-0.2, -0.15) is 5.10 Å². The maximum Gasteiger partial charge on any atom is 0.248 e. The second-order valence-corrected chi connectivity index (χ2v) is 7.21. The van der Waals surface area contributed by atoms with Gasteiger partial charge in [-0.3, -0.25) is 9.48 Å². The molecule has 0 saturated heterocycles. The van der Waals surface area contributed by atoms with E-state index >= 15 is 0 Å². The molecule has 2 heterocycles. The van der Waals surface area contributed by atoms with Crippen LogP contribution in [0.15, 0.2) is 36.4 Å². The van der Waals surface area contributed by atoms with Crippen LogP contribution in [0.4, 0.5) is 0 Å². The van der Waals surface area contributed by atoms with Crippen LogP contribution >= 0.6 is 0 Å². The van der Waals surface area contributed by atoms with Crippen molar-refractivity contribution in [3.05, 3.63) is 53.3 Å². The Kier molecular flexibility index (Phi) is 6.60. The number of carbonyl (C=O) groups is 1. The molecule has 0 radical (unpaired) electrons. The highest BCUT2D eigenvalue weighted by molar-refractivity contribution is 5.77. The number of rotatable bonds is 7. The van der Waals surface area contributed by atoms with Gasteiger partial charge < -0.3 is 19.6 Å². The summed E-state index contributed by atoms with van der Waals surface area (Å²) < 4.78 is 7.50. The number of aromatic nitrogens is 2. The van der Waals surface area contributed by atoms with Gasteiger partial charge in [0.05, 0.1) is 24.5 Å². The monoisotopic (exact) mass is 372 g/mol. The Labute approximate surface area is 160 Å². The maximum atomic E-state index is 12.6. The summed E-state index contributed by atoms with van der Waals surface area (Å²) in [5.74, 6) is -0.0176. The van der Waals surface area contributed by atoms with Crippen LogP contribution in [-0.2, 0) is 29.2 Å². The Morgan fingerprint density at radius 1 is 1.30 bits per heavy atom. The molecule has 0 bridgehead atoms. The largest absolute Gasteiger partial charge is 0.385 e. The summed E-state index contributed by atoms with van der Waals surface area (Å²) in [5, 5.41) is 14.8. The first-order chi connectivity index (χ1) is 13.0. The van der Waals surface area contributed by atoms with Crippen molar-refractivity contribution in [3.63, 3.8) is 0 Å². The lowest BCUT2D eigenvalue weighted by molar-refractivity contribution is -0.137. The van der Waals surface area contributed by atoms with E-state index in [0.717, 1.165) is 24.2 Å². The van der Waals surface area contributed by atoms with Crippen molar-refractivity contribution < 1.29 is 14.6 Å². The molecule has 146 valence electrons. The number of hydrogen-bond donors (Lipinski definition) is 1. The molecule has 1 N–H and O–H groups in total. The van der Waals surface area contributed by atoms with E-state index < -0.39 is 6.10 Å². The summed E-state index contributed by atoms with van der Waals surface area (Å²) in [6.07, 6.45) is 0.209. The van der Waals surface area contributed by atoms with Gasteiger partial charge in [0.25, 0.3) is 0 Å². The van der Waals surface area contributed by atoms with Gasteiger partial charge in [0, 0.05) is 19.6 Å². The molecule has 0 spiro atoms. The number of aryl methyl sites for hydroxylation is 1. The van der Waals surface area contributed by atoms with Gasteiger partial charge in [-0.15, -0.1) is 0 Å². The molecule has 7 heteroatoms. The lowest BCUT2D eigenvalue weighted by Crippen LogP contribution is -2.33. The first-order valence-corrected chi connectivity index (χ1v) is 9.32. The molecule has 1 aliphatic heterocycles. The zero-order valence-electron chi connectivity index (χ0n) is 16.0. The number of aliphatic hydroxyl groups is 1. The zero-order chi connectivity index (χ0) is 19.2. The molecule has 1 atom stereocenters. The predicted molar refractivity (Wildman–Crippen MR) is 102 cm³/mol. The van der Waals surface area contributed by atoms with Gasteiger partial charge in [0.1, 0.15) is 12.7 Å². The van der Waals surface area contributed by atoms with Crippen LogP contribution in [0.2, 0.25) is 0 Å². The molecule has 3 rings (SSSR count). The number of hydrogen-bond acceptors (Lipinski definition) is 5. The third kappa shape index (κ3) is 5.38. The van der Waals surface area contributed by atoms with Gasteiger partial charge in [-0.25, -0.2) is 0 Å². The van der Waals surface area contributed by atoms with Crippen molar-refractivity contribution in [2.75, 3.05) is 33.8 Å². The lowest BCUT2D eigenvalue weighted by atomic mass is 10.2. The van der Waals surface area contributed by atoms with Gasteiger partial charge >= 0.3 is 0 Å². The van der Waals surface area contributed by atoms with E-state index in [4.69, 9.17) is 4.74 Å².